The number of aryl methyl sites for hydroxylation is 1. The van der Waals surface area contributed by atoms with Gasteiger partial charge in [-0.15, -0.1) is 0 Å². The number of rotatable bonds is 4. The van der Waals surface area contributed by atoms with Crippen molar-refractivity contribution in [2.45, 2.75) is 20.0 Å². The van der Waals surface area contributed by atoms with E-state index >= 15 is 0 Å². The third-order valence-electron chi connectivity index (χ3n) is 2.78. The van der Waals surface area contributed by atoms with Gasteiger partial charge in [-0.05, 0) is 37.6 Å². The summed E-state index contributed by atoms with van der Waals surface area (Å²) in [5.41, 5.74) is 1.45. The first-order valence-electron chi connectivity index (χ1n) is 6.21. The van der Waals surface area contributed by atoms with Crippen molar-refractivity contribution in [1.82, 2.24) is 4.98 Å². The van der Waals surface area contributed by atoms with E-state index in [4.69, 9.17) is 16.3 Å². The number of aromatic nitrogens is 1. The van der Waals surface area contributed by atoms with Crippen LogP contribution in [0.2, 0.25) is 5.15 Å². The molecule has 1 N–H and O–H groups in total. The van der Waals surface area contributed by atoms with Crippen LogP contribution >= 0.6 is 11.6 Å². The van der Waals surface area contributed by atoms with Crippen molar-refractivity contribution in [3.63, 3.8) is 0 Å². The maximum atomic E-state index is 12.1. The number of anilines is 1. The lowest BCUT2D eigenvalue weighted by atomic mass is 10.2. The zero-order valence-corrected chi connectivity index (χ0v) is 12.0. The van der Waals surface area contributed by atoms with Gasteiger partial charge in [0.2, 0.25) is 0 Å². The Bertz CT molecular complexity index is 616. The number of halogens is 1. The summed E-state index contributed by atoms with van der Waals surface area (Å²) < 4.78 is 5.64. The van der Waals surface area contributed by atoms with Crippen molar-refractivity contribution in [3.05, 3.63) is 53.3 Å². The molecule has 1 aromatic carbocycles. The molecule has 0 radical (unpaired) electrons. The Kier molecular flexibility index (Phi) is 4.58. The first-order chi connectivity index (χ1) is 9.58. The molecule has 1 atom stereocenters. The van der Waals surface area contributed by atoms with E-state index in [0.29, 0.717) is 11.4 Å². The van der Waals surface area contributed by atoms with Gasteiger partial charge in [-0.1, -0.05) is 29.8 Å². The van der Waals surface area contributed by atoms with Crippen molar-refractivity contribution in [2.75, 3.05) is 5.32 Å². The van der Waals surface area contributed by atoms with Gasteiger partial charge < -0.3 is 10.1 Å². The lowest BCUT2D eigenvalue weighted by Gasteiger charge is -2.16. The van der Waals surface area contributed by atoms with Gasteiger partial charge in [-0.25, -0.2) is 4.98 Å². The van der Waals surface area contributed by atoms with Crippen LogP contribution in [0.3, 0.4) is 0 Å². The Labute approximate surface area is 122 Å². The lowest BCUT2D eigenvalue weighted by molar-refractivity contribution is -0.122. The number of hydrogen-bond donors (Lipinski definition) is 1. The number of pyridine rings is 1. The number of carbonyl (C=O) groups excluding carboxylic acids is 1. The molecule has 4 nitrogen and oxygen atoms in total. The second kappa shape index (κ2) is 6.39. The van der Waals surface area contributed by atoms with E-state index in [2.05, 4.69) is 10.3 Å². The fourth-order valence-electron chi connectivity index (χ4n) is 1.65. The Hall–Kier alpha value is -2.07. The quantitative estimate of drug-likeness (QED) is 0.878. The molecule has 104 valence electrons. The summed E-state index contributed by atoms with van der Waals surface area (Å²) >= 11 is 5.89. The van der Waals surface area contributed by atoms with Crippen LogP contribution in [0.5, 0.6) is 5.75 Å². The van der Waals surface area contributed by atoms with Crippen LogP contribution in [0.25, 0.3) is 0 Å². The van der Waals surface area contributed by atoms with Gasteiger partial charge in [0.05, 0.1) is 5.69 Å². The molecule has 0 bridgehead atoms. The maximum absolute atomic E-state index is 12.1. The van der Waals surface area contributed by atoms with E-state index in [9.17, 15) is 4.79 Å². The summed E-state index contributed by atoms with van der Waals surface area (Å²) in [4.78, 5) is 16.0. The molecular formula is C15H15ClN2O2. The summed E-state index contributed by atoms with van der Waals surface area (Å²) in [6.07, 6.45) is 0.929. The number of nitrogens with one attached hydrogen (secondary N) is 1. The minimum absolute atomic E-state index is 0.254. The fourth-order valence-corrected chi connectivity index (χ4v) is 1.81. The van der Waals surface area contributed by atoms with Gasteiger partial charge in [-0.3, -0.25) is 4.79 Å². The van der Waals surface area contributed by atoms with Crippen molar-refractivity contribution in [1.29, 1.82) is 0 Å². The molecule has 0 aliphatic carbocycles. The minimum Gasteiger partial charge on any atom is -0.481 e. The van der Waals surface area contributed by atoms with E-state index in [0.717, 1.165) is 5.56 Å². The highest BCUT2D eigenvalue weighted by Crippen LogP contribution is 2.20. The summed E-state index contributed by atoms with van der Waals surface area (Å²) in [6.45, 7) is 3.62. The summed E-state index contributed by atoms with van der Waals surface area (Å²) in [7, 11) is 0. The smallest absolute Gasteiger partial charge is 0.265 e. The molecular weight excluding hydrogens is 276 g/mol. The first-order valence-corrected chi connectivity index (χ1v) is 6.59. The average Bonchev–Trinajstić information content (AvgIpc) is 2.43. The molecule has 0 aliphatic rings. The number of nitrogens with zero attached hydrogens (tertiary/aromatic N) is 1. The van der Waals surface area contributed by atoms with E-state index < -0.39 is 6.10 Å². The van der Waals surface area contributed by atoms with Gasteiger partial charge in [0.25, 0.3) is 5.91 Å². The van der Waals surface area contributed by atoms with E-state index in [1.54, 1.807) is 25.3 Å². The number of ether oxygens (including phenoxy) is 1. The largest absolute Gasteiger partial charge is 0.481 e. The summed E-state index contributed by atoms with van der Waals surface area (Å²) in [6, 6.07) is 10.9. The molecule has 5 heteroatoms. The Morgan fingerprint density at radius 3 is 2.75 bits per heavy atom. The SMILES string of the molecule is Cc1ccccc1O[C@H](C)C(=O)Nc1cccnc1Cl. The fraction of sp³-hybridized carbons (Fsp3) is 0.200. The van der Waals surface area contributed by atoms with E-state index in [-0.39, 0.29) is 11.1 Å². The minimum atomic E-state index is -0.632. The van der Waals surface area contributed by atoms with Crippen LogP contribution in [-0.2, 0) is 4.79 Å². The standard InChI is InChI=1S/C15H15ClN2O2/c1-10-6-3-4-8-13(10)20-11(2)15(19)18-12-7-5-9-17-14(12)16/h3-9,11H,1-2H3,(H,18,19)/t11-/m1/s1. The van der Waals surface area contributed by atoms with Gasteiger partial charge in [0.15, 0.2) is 11.3 Å². The molecule has 2 aromatic rings. The number of benzene rings is 1. The lowest BCUT2D eigenvalue weighted by Crippen LogP contribution is -2.30. The first kappa shape index (κ1) is 14.3. The number of carbonyl (C=O) groups is 1. The van der Waals surface area contributed by atoms with Gasteiger partial charge in [0.1, 0.15) is 5.75 Å². The van der Waals surface area contributed by atoms with Crippen LogP contribution in [-0.4, -0.2) is 17.0 Å². The van der Waals surface area contributed by atoms with Crippen molar-refractivity contribution in [2.24, 2.45) is 0 Å². The summed E-state index contributed by atoms with van der Waals surface area (Å²) in [5, 5.41) is 2.94. The zero-order chi connectivity index (χ0) is 14.5. The molecule has 1 aromatic heterocycles. The van der Waals surface area contributed by atoms with Crippen LogP contribution < -0.4 is 10.1 Å². The molecule has 0 unspecified atom stereocenters. The van der Waals surface area contributed by atoms with Crippen LogP contribution in [0.1, 0.15) is 12.5 Å². The van der Waals surface area contributed by atoms with Crippen LogP contribution in [0.15, 0.2) is 42.6 Å². The highest BCUT2D eigenvalue weighted by molar-refractivity contribution is 6.32. The topological polar surface area (TPSA) is 51.2 Å². The maximum Gasteiger partial charge on any atom is 0.265 e. The average molecular weight is 291 g/mol. The van der Waals surface area contributed by atoms with Crippen LogP contribution in [0, 0.1) is 6.92 Å². The second-order valence-corrected chi connectivity index (χ2v) is 4.71. The van der Waals surface area contributed by atoms with Crippen molar-refractivity contribution < 1.29 is 9.53 Å². The molecule has 0 saturated heterocycles. The Morgan fingerprint density at radius 1 is 1.30 bits per heavy atom. The van der Waals surface area contributed by atoms with E-state index in [1.807, 2.05) is 31.2 Å². The Morgan fingerprint density at radius 2 is 2.05 bits per heavy atom. The molecule has 20 heavy (non-hydrogen) atoms. The predicted molar refractivity (Wildman–Crippen MR) is 79.1 cm³/mol. The third kappa shape index (κ3) is 3.48. The van der Waals surface area contributed by atoms with Gasteiger partial charge in [0, 0.05) is 6.20 Å². The van der Waals surface area contributed by atoms with Gasteiger partial charge in [-0.2, -0.15) is 0 Å². The number of amides is 1. The third-order valence-corrected chi connectivity index (χ3v) is 3.08. The van der Waals surface area contributed by atoms with Crippen molar-refractivity contribution >= 4 is 23.2 Å². The predicted octanol–water partition coefficient (Wildman–Crippen LogP) is 3.45. The molecule has 1 heterocycles. The van der Waals surface area contributed by atoms with Crippen LogP contribution in [0.4, 0.5) is 5.69 Å². The number of para-hydroxylation sites is 1. The Balaban J connectivity index is 2.03. The summed E-state index contributed by atoms with van der Waals surface area (Å²) in [5.74, 6) is 0.413. The monoisotopic (exact) mass is 290 g/mol. The molecule has 0 aliphatic heterocycles. The van der Waals surface area contributed by atoms with E-state index in [1.165, 1.54) is 0 Å². The molecule has 1 amide bonds. The molecule has 2 rings (SSSR count). The highest BCUT2D eigenvalue weighted by Gasteiger charge is 2.16. The number of hydrogen-bond acceptors (Lipinski definition) is 3. The van der Waals surface area contributed by atoms with Gasteiger partial charge >= 0.3 is 0 Å². The van der Waals surface area contributed by atoms with Crippen molar-refractivity contribution in [3.8, 4) is 5.75 Å². The highest BCUT2D eigenvalue weighted by atomic mass is 35.5. The molecule has 0 saturated carbocycles. The molecule has 0 spiro atoms. The zero-order valence-electron chi connectivity index (χ0n) is 11.3. The molecule has 0 fully saturated rings. The normalized spacial score (nSPS) is 11.8. The second-order valence-electron chi connectivity index (χ2n) is 4.36.